The van der Waals surface area contributed by atoms with E-state index in [1.807, 2.05) is 97.1 Å². The highest BCUT2D eigenvalue weighted by molar-refractivity contribution is 6.06. The minimum absolute atomic E-state index is 0.901. The Bertz CT molecular complexity index is 4030. The second-order valence-corrected chi connectivity index (χ2v) is 17.6. The van der Waals surface area contributed by atoms with Crippen molar-refractivity contribution in [3.05, 3.63) is 239 Å². The van der Waals surface area contributed by atoms with Crippen molar-refractivity contribution >= 4 is 86.2 Å². The molecule has 0 N–H and O–H groups in total. The molecular weight excluding hydrogens is 865 g/mol. The van der Waals surface area contributed by atoms with Crippen molar-refractivity contribution in [3.63, 3.8) is 0 Å². The molecule has 0 radical (unpaired) electrons. The largest absolute Gasteiger partial charge is 0.0604 e. The van der Waals surface area contributed by atoms with Gasteiger partial charge in [0, 0.05) is 44.5 Å². The number of hydrogen-bond donors (Lipinski definition) is 0. The average molecular weight is 897 g/mol. The van der Waals surface area contributed by atoms with Crippen molar-refractivity contribution < 1.29 is 0 Å². The monoisotopic (exact) mass is 896 g/mol. The molecule has 0 fully saturated rings. The molecule has 0 heterocycles. The van der Waals surface area contributed by atoms with Crippen LogP contribution in [0.1, 0.15) is 44.5 Å². The van der Waals surface area contributed by atoms with Gasteiger partial charge >= 0.3 is 0 Å². The molecular formula is C72H32. The molecule has 12 aromatic carbocycles. The van der Waals surface area contributed by atoms with Crippen molar-refractivity contribution in [1.29, 1.82) is 0 Å². The van der Waals surface area contributed by atoms with Gasteiger partial charge in [0.05, 0.1) is 0 Å². The Morgan fingerprint density at radius 1 is 0.153 bits per heavy atom. The van der Waals surface area contributed by atoms with Gasteiger partial charge in [0.2, 0.25) is 0 Å². The van der Waals surface area contributed by atoms with Gasteiger partial charge in [-0.05, 0) is 231 Å². The highest BCUT2D eigenvalue weighted by Crippen LogP contribution is 2.32. The molecule has 1 aliphatic rings. The van der Waals surface area contributed by atoms with Gasteiger partial charge in [0.1, 0.15) is 0 Å². The first-order chi connectivity index (χ1) is 35.7. The van der Waals surface area contributed by atoms with Gasteiger partial charge in [-0.3, -0.25) is 0 Å². The lowest BCUT2D eigenvalue weighted by molar-refractivity contribution is 1.69. The van der Waals surface area contributed by atoms with E-state index in [1.54, 1.807) is 0 Å². The fraction of sp³-hybridized carbons (Fsp3) is 0. The Kier molecular flexibility index (Phi) is 10.2. The maximum Gasteiger partial charge on any atom is 0.0334 e. The molecule has 0 nitrogen and oxygen atoms in total. The lowest BCUT2D eigenvalue weighted by atomic mass is 9.96. The molecule has 72 heavy (non-hydrogen) atoms. The van der Waals surface area contributed by atoms with Crippen LogP contribution in [0.25, 0.3) is 86.2 Å². The molecule has 0 aliphatic heterocycles. The summed E-state index contributed by atoms with van der Waals surface area (Å²) < 4.78 is 0. The lowest BCUT2D eigenvalue weighted by Crippen LogP contribution is -1.85. The summed E-state index contributed by atoms with van der Waals surface area (Å²) in [5.74, 6) is 52.4. The zero-order valence-corrected chi connectivity index (χ0v) is 38.5. The number of benzene rings is 12. The molecule has 0 saturated carbocycles. The first-order valence-electron chi connectivity index (χ1n) is 23.6. The fourth-order valence-electron chi connectivity index (χ4n) is 9.87. The van der Waals surface area contributed by atoms with E-state index < -0.39 is 0 Å². The summed E-state index contributed by atoms with van der Waals surface area (Å²) in [5.41, 5.74) is 7.21. The smallest absolute Gasteiger partial charge is 0.0334 e. The van der Waals surface area contributed by atoms with Crippen LogP contribution in [0.15, 0.2) is 194 Å². The zero-order chi connectivity index (χ0) is 47.8. The summed E-state index contributed by atoms with van der Waals surface area (Å²) >= 11 is 0. The second-order valence-electron chi connectivity index (χ2n) is 17.6. The van der Waals surface area contributed by atoms with Crippen molar-refractivity contribution in [2.24, 2.45) is 0 Å². The summed E-state index contributed by atoms with van der Waals surface area (Å²) in [6, 6.07) is 67.3. The first-order valence-corrected chi connectivity index (χ1v) is 23.6. The molecule has 0 heteroatoms. The standard InChI is InChI=1S/C72H32/c1-2-18-50-26-10-34-58-42-60-36-12-28-52(68(60)46-66(50)58)20-5-6-22-54-30-14-38-62-44-64-40-16-32-56(72(64)48-70(54)62)24-8-7-23-55-31-15-39-63-43-61-37-13-29-53(69(61)47-71(55)63)21-4-3-19-51-27-11-35-59-41-57-33-9-25-49(17-1)65(57)45-67(51)59/h9-16,25-48H. The molecule has 0 spiro atoms. The van der Waals surface area contributed by atoms with E-state index in [0.29, 0.717) is 0 Å². The SMILES string of the molecule is C1#Cc2cccc3cc4cccc(c4cc23)C#CC#Cc2cccc3cc4cccc(c4cc23)C#CC#Cc2cccc3cc4cccc(c4cc23)C#CC#Cc2cccc3cc4cccc(c4cc23)C#C1. The molecule has 0 saturated heterocycles. The van der Waals surface area contributed by atoms with Gasteiger partial charge in [0.15, 0.2) is 0 Å². The van der Waals surface area contributed by atoms with Gasteiger partial charge in [-0.25, -0.2) is 0 Å². The molecule has 1 aliphatic carbocycles. The van der Waals surface area contributed by atoms with Crippen LogP contribution in [0.2, 0.25) is 0 Å². The third kappa shape index (κ3) is 7.72. The van der Waals surface area contributed by atoms with E-state index in [0.717, 1.165) is 131 Å². The van der Waals surface area contributed by atoms with E-state index >= 15 is 0 Å². The predicted molar refractivity (Wildman–Crippen MR) is 301 cm³/mol. The Balaban J connectivity index is 0.976. The molecule has 8 bridgehead atoms. The van der Waals surface area contributed by atoms with Crippen LogP contribution in [0, 0.1) is 94.7 Å². The maximum atomic E-state index is 3.37. The Hall–Kier alpha value is -10.8. The van der Waals surface area contributed by atoms with Gasteiger partial charge in [-0.2, -0.15) is 0 Å². The van der Waals surface area contributed by atoms with Crippen LogP contribution in [-0.2, 0) is 0 Å². The van der Waals surface area contributed by atoms with E-state index in [1.165, 1.54) is 0 Å². The summed E-state index contributed by atoms with van der Waals surface area (Å²) in [5, 5.41) is 17.1. The van der Waals surface area contributed by atoms with Gasteiger partial charge in [-0.15, -0.1) is 0 Å². The van der Waals surface area contributed by atoms with Crippen LogP contribution < -0.4 is 0 Å². The summed E-state index contributed by atoms with van der Waals surface area (Å²) in [6.45, 7) is 0. The molecule has 12 aromatic rings. The third-order valence-corrected chi connectivity index (χ3v) is 13.3. The van der Waals surface area contributed by atoms with Crippen LogP contribution in [-0.4, -0.2) is 0 Å². The Morgan fingerprint density at radius 3 is 0.431 bits per heavy atom. The molecule has 13 rings (SSSR count). The molecule has 0 amide bonds. The average Bonchev–Trinajstić information content (AvgIpc) is 3.41. The minimum Gasteiger partial charge on any atom is -0.0604 e. The minimum atomic E-state index is 0.901. The quantitative estimate of drug-likeness (QED) is 0.105. The predicted octanol–water partition coefficient (Wildman–Crippen LogP) is 14.8. The van der Waals surface area contributed by atoms with Crippen LogP contribution in [0.4, 0.5) is 0 Å². The van der Waals surface area contributed by atoms with Crippen molar-refractivity contribution in [2.45, 2.75) is 0 Å². The van der Waals surface area contributed by atoms with Crippen molar-refractivity contribution in [3.8, 4) is 94.7 Å². The second kappa shape index (κ2) is 17.7. The molecule has 0 atom stereocenters. The van der Waals surface area contributed by atoms with E-state index in [9.17, 15) is 0 Å². The summed E-state index contributed by atoms with van der Waals surface area (Å²) in [4.78, 5) is 0. The third-order valence-electron chi connectivity index (χ3n) is 13.3. The molecule has 0 aromatic heterocycles. The molecule has 320 valence electrons. The lowest BCUT2D eigenvalue weighted by Gasteiger charge is -2.06. The van der Waals surface area contributed by atoms with Gasteiger partial charge < -0.3 is 0 Å². The maximum absolute atomic E-state index is 3.37. The topological polar surface area (TPSA) is 0 Å². The number of rotatable bonds is 0. The van der Waals surface area contributed by atoms with Crippen molar-refractivity contribution in [2.75, 3.05) is 0 Å². The van der Waals surface area contributed by atoms with Crippen LogP contribution in [0.3, 0.4) is 0 Å². The van der Waals surface area contributed by atoms with E-state index in [-0.39, 0.29) is 0 Å². The highest BCUT2D eigenvalue weighted by Gasteiger charge is 2.09. The molecule has 0 unspecified atom stereocenters. The Labute approximate surface area is 417 Å². The normalized spacial score (nSPS) is 11.3. The zero-order valence-electron chi connectivity index (χ0n) is 38.5. The number of hydrogen-bond acceptors (Lipinski definition) is 0. The summed E-state index contributed by atoms with van der Waals surface area (Å²) in [6.07, 6.45) is 0. The Morgan fingerprint density at radius 2 is 0.292 bits per heavy atom. The van der Waals surface area contributed by atoms with Crippen LogP contribution in [0.5, 0.6) is 0 Å². The van der Waals surface area contributed by atoms with Gasteiger partial charge in [-0.1, -0.05) is 144 Å². The van der Waals surface area contributed by atoms with Gasteiger partial charge in [0.25, 0.3) is 0 Å². The van der Waals surface area contributed by atoms with Crippen molar-refractivity contribution in [1.82, 2.24) is 0 Å². The first kappa shape index (κ1) is 41.4. The highest BCUT2D eigenvalue weighted by atomic mass is 14.1. The fourth-order valence-corrected chi connectivity index (χ4v) is 9.87. The van der Waals surface area contributed by atoms with E-state index in [2.05, 4.69) is 192 Å². The van der Waals surface area contributed by atoms with Crippen LogP contribution >= 0.6 is 0 Å². The summed E-state index contributed by atoms with van der Waals surface area (Å²) in [7, 11) is 0. The van der Waals surface area contributed by atoms with E-state index in [4.69, 9.17) is 0 Å².